The number of nitrogens with zero attached hydrogens (tertiary/aromatic N) is 2. The first kappa shape index (κ1) is 24.1. The highest BCUT2D eigenvalue weighted by Gasteiger charge is 2.33. The summed E-state index contributed by atoms with van der Waals surface area (Å²) in [6.45, 7) is 1.73. The first-order valence-electron chi connectivity index (χ1n) is 11.9. The van der Waals surface area contributed by atoms with E-state index < -0.39 is 36.1 Å². The van der Waals surface area contributed by atoms with Crippen LogP contribution in [0.5, 0.6) is 5.75 Å². The molecule has 0 radical (unpaired) electrons. The number of aliphatic hydroxyl groups excluding tert-OH is 2. The fourth-order valence-electron chi connectivity index (χ4n) is 4.26. The third kappa shape index (κ3) is 5.14. The quantitative estimate of drug-likeness (QED) is 0.406. The molecule has 188 valence electrons. The predicted molar refractivity (Wildman–Crippen MR) is 125 cm³/mol. The normalized spacial score (nSPS) is 22.3. The number of amides is 1. The van der Waals surface area contributed by atoms with E-state index in [1.54, 1.807) is 31.2 Å². The van der Waals surface area contributed by atoms with Gasteiger partial charge in [-0.15, -0.1) is 0 Å². The number of ether oxygens (including phenoxy) is 1. The summed E-state index contributed by atoms with van der Waals surface area (Å²) < 4.78 is 25.8. The average Bonchev–Trinajstić information content (AvgIpc) is 3.50. The number of Topliss-reactive ketones (excluding diaryl/α,β-unsaturated/α-hetero) is 1. The minimum atomic E-state index is -0.905. The molecule has 0 bridgehead atoms. The van der Waals surface area contributed by atoms with Crippen LogP contribution in [-0.4, -0.2) is 50.3 Å². The van der Waals surface area contributed by atoms with E-state index >= 15 is 0 Å². The van der Waals surface area contributed by atoms with Gasteiger partial charge in [0.2, 0.25) is 5.82 Å². The molecule has 3 atom stereocenters. The number of benzene rings is 2. The largest absolute Gasteiger partial charge is 0.481 e. The molecule has 0 spiro atoms. The van der Waals surface area contributed by atoms with Crippen LogP contribution in [0.4, 0.5) is 4.39 Å². The van der Waals surface area contributed by atoms with E-state index in [4.69, 9.17) is 9.26 Å². The van der Waals surface area contributed by atoms with Crippen molar-refractivity contribution in [1.29, 1.82) is 0 Å². The number of aliphatic hydroxyl groups is 2. The Morgan fingerprint density at radius 3 is 2.44 bits per heavy atom. The molecule has 1 heterocycles. The van der Waals surface area contributed by atoms with Crippen LogP contribution in [0.1, 0.15) is 65.3 Å². The number of hydrogen-bond donors (Lipinski definition) is 3. The molecule has 0 aliphatic heterocycles. The van der Waals surface area contributed by atoms with Crippen LogP contribution in [0, 0.1) is 11.7 Å². The van der Waals surface area contributed by atoms with Gasteiger partial charge in [0.15, 0.2) is 11.9 Å². The summed E-state index contributed by atoms with van der Waals surface area (Å²) in [5.41, 5.74) is 0.815. The zero-order valence-corrected chi connectivity index (χ0v) is 19.6. The molecule has 36 heavy (non-hydrogen) atoms. The predicted octanol–water partition coefficient (Wildman–Crippen LogP) is 3.22. The van der Waals surface area contributed by atoms with Gasteiger partial charge in [-0.25, -0.2) is 4.39 Å². The van der Waals surface area contributed by atoms with Crippen LogP contribution >= 0.6 is 0 Å². The Bertz CT molecular complexity index is 1260. The van der Waals surface area contributed by atoms with Crippen LogP contribution in [-0.2, 0) is 0 Å². The molecule has 9 nitrogen and oxygen atoms in total. The number of carbonyl (C=O) groups is 2. The molecule has 2 aromatic carbocycles. The van der Waals surface area contributed by atoms with Gasteiger partial charge in [-0.2, -0.15) is 4.98 Å². The number of hydrogen-bond acceptors (Lipinski definition) is 8. The van der Waals surface area contributed by atoms with Crippen molar-refractivity contribution in [3.8, 4) is 17.1 Å². The van der Waals surface area contributed by atoms with Gasteiger partial charge in [0.25, 0.3) is 11.8 Å². The Morgan fingerprint density at radius 1 is 1.11 bits per heavy atom. The number of aromatic nitrogens is 2. The minimum absolute atomic E-state index is 0.138. The highest BCUT2D eigenvalue weighted by atomic mass is 19.1. The summed E-state index contributed by atoms with van der Waals surface area (Å²) in [7, 11) is 0. The lowest BCUT2D eigenvalue weighted by atomic mass is 10.1. The van der Waals surface area contributed by atoms with E-state index in [1.807, 2.05) is 0 Å². The molecule has 2 fully saturated rings. The van der Waals surface area contributed by atoms with Crippen LogP contribution in [0.2, 0.25) is 0 Å². The van der Waals surface area contributed by atoms with Gasteiger partial charge in [-0.3, -0.25) is 9.59 Å². The molecule has 5 rings (SSSR count). The molecule has 3 aromatic rings. The van der Waals surface area contributed by atoms with Gasteiger partial charge < -0.3 is 24.8 Å². The van der Waals surface area contributed by atoms with Crippen LogP contribution in [0.15, 0.2) is 47.0 Å². The Hall–Kier alpha value is -3.63. The highest BCUT2D eigenvalue weighted by Crippen LogP contribution is 2.33. The number of carbonyl (C=O) groups excluding carboxylic acids is 2. The van der Waals surface area contributed by atoms with Gasteiger partial charge in [0.1, 0.15) is 11.6 Å². The smallest absolute Gasteiger partial charge is 0.267 e. The van der Waals surface area contributed by atoms with E-state index in [0.29, 0.717) is 16.9 Å². The van der Waals surface area contributed by atoms with Crippen LogP contribution in [0.3, 0.4) is 0 Å². The van der Waals surface area contributed by atoms with E-state index in [0.717, 1.165) is 18.9 Å². The van der Waals surface area contributed by atoms with Gasteiger partial charge in [-0.1, -0.05) is 11.2 Å². The molecule has 1 amide bonds. The van der Waals surface area contributed by atoms with Crippen molar-refractivity contribution in [2.75, 3.05) is 0 Å². The zero-order valence-electron chi connectivity index (χ0n) is 19.6. The average molecular weight is 496 g/mol. The lowest BCUT2D eigenvalue weighted by Crippen LogP contribution is -2.34. The Kier molecular flexibility index (Phi) is 6.55. The number of rotatable bonds is 8. The van der Waals surface area contributed by atoms with Crippen molar-refractivity contribution in [3.05, 3.63) is 65.3 Å². The van der Waals surface area contributed by atoms with Gasteiger partial charge in [-0.05, 0) is 69.0 Å². The maximum atomic E-state index is 14.7. The summed E-state index contributed by atoms with van der Waals surface area (Å²) >= 11 is 0. The molecule has 3 N–H and O–H groups in total. The monoisotopic (exact) mass is 495 g/mol. The fraction of sp³-hybridized carbons (Fsp3) is 0.385. The standard InChI is InChI=1S/C26H26FN3O6/c1-13(35-18-7-4-15(5-8-18)23(33)14-2-3-14)26-29-24(30-36-26)16-6-9-19(20(27)10-16)25(34)28-17-11-21(31)22(32)12-17/h4-10,13-14,17,21-22,31-32H,2-3,11-12H2,1H3,(H,28,34)/t13-,17?,21?,22?/m1/s1. The molecule has 1 aromatic heterocycles. The van der Waals surface area contributed by atoms with Crippen molar-refractivity contribution in [2.24, 2.45) is 5.92 Å². The van der Waals surface area contributed by atoms with Crippen molar-refractivity contribution in [3.63, 3.8) is 0 Å². The number of nitrogens with one attached hydrogen (secondary N) is 1. The summed E-state index contributed by atoms with van der Waals surface area (Å²) in [6, 6.07) is 10.4. The Labute approximate surface area is 206 Å². The molecule has 2 aliphatic carbocycles. The zero-order chi connectivity index (χ0) is 25.4. The molecule has 0 saturated heterocycles. The van der Waals surface area contributed by atoms with E-state index in [1.165, 1.54) is 12.1 Å². The maximum Gasteiger partial charge on any atom is 0.267 e. The molecule has 10 heteroatoms. The lowest BCUT2D eigenvalue weighted by molar-refractivity contribution is 0.0438. The van der Waals surface area contributed by atoms with Gasteiger partial charge in [0.05, 0.1) is 17.8 Å². The first-order chi connectivity index (χ1) is 17.3. The highest BCUT2D eigenvalue weighted by molar-refractivity contribution is 5.99. The molecule has 2 aliphatic rings. The molecular formula is C26H26FN3O6. The summed E-state index contributed by atoms with van der Waals surface area (Å²) in [5, 5.41) is 25.8. The van der Waals surface area contributed by atoms with Crippen LogP contribution in [0.25, 0.3) is 11.4 Å². The topological polar surface area (TPSA) is 135 Å². The number of halogens is 1. The second-order valence-corrected chi connectivity index (χ2v) is 9.35. The summed E-state index contributed by atoms with van der Waals surface area (Å²) in [6.07, 6.45) is -0.0891. The van der Waals surface area contributed by atoms with Crippen molar-refractivity contribution >= 4 is 11.7 Å². The van der Waals surface area contributed by atoms with Crippen LogP contribution < -0.4 is 10.1 Å². The van der Waals surface area contributed by atoms with E-state index in [2.05, 4.69) is 15.5 Å². The maximum absolute atomic E-state index is 14.7. The van der Waals surface area contributed by atoms with Crippen molar-refractivity contribution < 1.29 is 33.5 Å². The second kappa shape index (κ2) is 9.79. The fourth-order valence-corrected chi connectivity index (χ4v) is 4.26. The summed E-state index contributed by atoms with van der Waals surface area (Å²) in [4.78, 5) is 28.9. The third-order valence-corrected chi connectivity index (χ3v) is 6.49. The molecule has 2 saturated carbocycles. The number of ketones is 1. The van der Waals surface area contributed by atoms with E-state index in [-0.39, 0.29) is 41.8 Å². The lowest BCUT2D eigenvalue weighted by Gasteiger charge is -2.12. The van der Waals surface area contributed by atoms with Gasteiger partial charge >= 0.3 is 0 Å². The Balaban J connectivity index is 1.22. The van der Waals surface area contributed by atoms with Gasteiger partial charge in [0, 0.05) is 23.1 Å². The Morgan fingerprint density at radius 2 is 1.81 bits per heavy atom. The molecule has 2 unspecified atom stereocenters. The molecular weight excluding hydrogens is 469 g/mol. The third-order valence-electron chi connectivity index (χ3n) is 6.49. The second-order valence-electron chi connectivity index (χ2n) is 9.35. The minimum Gasteiger partial charge on any atom is -0.481 e. The SMILES string of the molecule is C[C@@H](Oc1ccc(C(=O)C2CC2)cc1)c1nc(-c2ccc(C(=O)NC3CC(O)C(O)C3)c(F)c2)no1. The van der Waals surface area contributed by atoms with Crippen molar-refractivity contribution in [2.45, 2.75) is 57.0 Å². The first-order valence-corrected chi connectivity index (χ1v) is 11.9. The van der Waals surface area contributed by atoms with Crippen molar-refractivity contribution in [1.82, 2.24) is 15.5 Å². The summed E-state index contributed by atoms with van der Waals surface area (Å²) in [5.74, 6) is -0.230. The van der Waals surface area contributed by atoms with E-state index in [9.17, 15) is 24.2 Å².